The molecule has 86 valence electrons. The van der Waals surface area contributed by atoms with Crippen molar-refractivity contribution in [2.24, 2.45) is 0 Å². The monoisotopic (exact) mass is 226 g/mol. The van der Waals surface area contributed by atoms with E-state index in [2.05, 4.69) is 10.1 Å². The van der Waals surface area contributed by atoms with E-state index in [0.29, 0.717) is 0 Å². The fourth-order valence-electron chi connectivity index (χ4n) is 1.12. The number of benzene rings is 1. The maximum absolute atomic E-state index is 11.2. The summed E-state index contributed by atoms with van der Waals surface area (Å²) >= 11 is 0. The van der Waals surface area contributed by atoms with Crippen molar-refractivity contribution in [2.45, 2.75) is 0 Å². The molecule has 0 aromatic heterocycles. The second-order valence-electron chi connectivity index (χ2n) is 2.91. The Morgan fingerprint density at radius 1 is 1.62 bits per heavy atom. The number of amides is 1. The third kappa shape index (κ3) is 2.67. The van der Waals surface area contributed by atoms with Gasteiger partial charge >= 0.3 is 0 Å². The van der Waals surface area contributed by atoms with Gasteiger partial charge in [-0.05, 0) is 6.07 Å². The smallest absolute Gasteiger partial charge is 0.296 e. The van der Waals surface area contributed by atoms with Gasteiger partial charge in [-0.15, -0.1) is 0 Å². The SMILES string of the molecule is COCC(=O)Nc1c(O)cccc1[N+](=O)[O-]. The van der Waals surface area contributed by atoms with Crippen molar-refractivity contribution >= 4 is 17.3 Å². The highest BCUT2D eigenvalue weighted by Crippen LogP contribution is 2.32. The van der Waals surface area contributed by atoms with Crippen LogP contribution in [-0.4, -0.2) is 29.7 Å². The molecule has 2 N–H and O–H groups in total. The highest BCUT2D eigenvalue weighted by molar-refractivity contribution is 5.95. The lowest BCUT2D eigenvalue weighted by Crippen LogP contribution is -2.18. The van der Waals surface area contributed by atoms with E-state index in [1.807, 2.05) is 0 Å². The number of rotatable bonds is 4. The first kappa shape index (κ1) is 11.9. The van der Waals surface area contributed by atoms with Gasteiger partial charge in [-0.3, -0.25) is 14.9 Å². The molecule has 7 nitrogen and oxygen atoms in total. The van der Waals surface area contributed by atoms with Gasteiger partial charge in [0.2, 0.25) is 0 Å². The average Bonchev–Trinajstić information content (AvgIpc) is 2.21. The first-order chi connectivity index (χ1) is 7.56. The first-order valence-electron chi connectivity index (χ1n) is 4.31. The van der Waals surface area contributed by atoms with E-state index in [1.165, 1.54) is 25.3 Å². The molecule has 0 aliphatic heterocycles. The average molecular weight is 226 g/mol. The molecule has 0 saturated carbocycles. The lowest BCUT2D eigenvalue weighted by molar-refractivity contribution is -0.384. The van der Waals surface area contributed by atoms with Crippen LogP contribution in [0, 0.1) is 10.1 Å². The molecule has 1 aromatic carbocycles. The third-order valence-electron chi connectivity index (χ3n) is 1.76. The number of methoxy groups -OCH3 is 1. The summed E-state index contributed by atoms with van der Waals surface area (Å²) in [5.41, 5.74) is -0.598. The zero-order valence-electron chi connectivity index (χ0n) is 8.47. The Bertz CT molecular complexity index is 418. The molecular formula is C9H10N2O5. The van der Waals surface area contributed by atoms with E-state index in [4.69, 9.17) is 0 Å². The second kappa shape index (κ2) is 5.08. The number of carbonyl (C=O) groups excluding carboxylic acids is 1. The number of carbonyl (C=O) groups is 1. The van der Waals surface area contributed by atoms with E-state index in [-0.39, 0.29) is 23.7 Å². The van der Waals surface area contributed by atoms with Crippen molar-refractivity contribution in [3.05, 3.63) is 28.3 Å². The van der Waals surface area contributed by atoms with E-state index >= 15 is 0 Å². The quantitative estimate of drug-likeness (QED) is 0.451. The Labute approximate surface area is 90.8 Å². The molecule has 0 unspecified atom stereocenters. The van der Waals surface area contributed by atoms with Crippen LogP contribution in [0.2, 0.25) is 0 Å². The summed E-state index contributed by atoms with van der Waals surface area (Å²) in [6.45, 7) is -0.245. The summed E-state index contributed by atoms with van der Waals surface area (Å²) in [4.78, 5) is 21.1. The molecule has 16 heavy (non-hydrogen) atoms. The van der Waals surface area contributed by atoms with Gasteiger partial charge in [-0.25, -0.2) is 0 Å². The van der Waals surface area contributed by atoms with Crippen LogP contribution >= 0.6 is 0 Å². The minimum atomic E-state index is -0.692. The van der Waals surface area contributed by atoms with Crippen LogP contribution in [0.5, 0.6) is 5.75 Å². The standard InChI is InChI=1S/C9H10N2O5/c1-16-5-8(13)10-9-6(11(14)15)3-2-4-7(9)12/h2-4,12H,5H2,1H3,(H,10,13). The lowest BCUT2D eigenvalue weighted by Gasteiger charge is -2.06. The Balaban J connectivity index is 3.01. The molecule has 0 spiro atoms. The number of phenolic OH excluding ortho intramolecular Hbond substituents is 1. The Kier molecular flexibility index (Phi) is 3.78. The number of nitro benzene ring substituents is 1. The maximum atomic E-state index is 11.2. The number of hydrogen-bond acceptors (Lipinski definition) is 5. The van der Waals surface area contributed by atoms with Crippen molar-refractivity contribution < 1.29 is 19.6 Å². The summed E-state index contributed by atoms with van der Waals surface area (Å²) in [5.74, 6) is -0.939. The van der Waals surface area contributed by atoms with Crippen LogP contribution in [0.3, 0.4) is 0 Å². The fraction of sp³-hybridized carbons (Fsp3) is 0.222. The lowest BCUT2D eigenvalue weighted by atomic mass is 10.2. The molecule has 7 heteroatoms. The number of para-hydroxylation sites is 1. The summed E-state index contributed by atoms with van der Waals surface area (Å²) in [7, 11) is 1.32. The molecule has 0 aliphatic carbocycles. The predicted octanol–water partition coefficient (Wildman–Crippen LogP) is 0.885. The highest BCUT2D eigenvalue weighted by Gasteiger charge is 2.19. The van der Waals surface area contributed by atoms with Gasteiger partial charge in [0.05, 0.1) is 4.92 Å². The molecule has 0 saturated heterocycles. The second-order valence-corrected chi connectivity index (χ2v) is 2.91. The molecule has 0 radical (unpaired) electrons. The van der Waals surface area contributed by atoms with E-state index in [0.717, 1.165) is 0 Å². The van der Waals surface area contributed by atoms with Crippen LogP contribution in [-0.2, 0) is 9.53 Å². The van der Waals surface area contributed by atoms with Gasteiger partial charge < -0.3 is 15.2 Å². The van der Waals surface area contributed by atoms with Crippen molar-refractivity contribution in [3.63, 3.8) is 0 Å². The molecule has 1 amide bonds. The molecule has 0 fully saturated rings. The number of ether oxygens (including phenoxy) is 1. The highest BCUT2D eigenvalue weighted by atomic mass is 16.6. The van der Waals surface area contributed by atoms with Crippen molar-refractivity contribution in [1.29, 1.82) is 0 Å². The molecule has 0 bridgehead atoms. The number of nitrogens with one attached hydrogen (secondary N) is 1. The zero-order valence-corrected chi connectivity index (χ0v) is 8.47. The third-order valence-corrected chi connectivity index (χ3v) is 1.76. The van der Waals surface area contributed by atoms with Crippen LogP contribution in [0.1, 0.15) is 0 Å². The number of nitro groups is 1. The fourth-order valence-corrected chi connectivity index (χ4v) is 1.12. The Morgan fingerprint density at radius 3 is 2.88 bits per heavy atom. The van der Waals surface area contributed by atoms with Crippen molar-refractivity contribution in [3.8, 4) is 5.75 Å². The van der Waals surface area contributed by atoms with E-state index in [1.54, 1.807) is 0 Å². The van der Waals surface area contributed by atoms with E-state index < -0.39 is 10.8 Å². The van der Waals surface area contributed by atoms with Crippen molar-refractivity contribution in [2.75, 3.05) is 19.0 Å². The molecule has 1 rings (SSSR count). The number of aromatic hydroxyl groups is 1. The first-order valence-corrected chi connectivity index (χ1v) is 4.31. The van der Waals surface area contributed by atoms with Crippen LogP contribution in [0.4, 0.5) is 11.4 Å². The van der Waals surface area contributed by atoms with Gasteiger partial charge in [0.1, 0.15) is 12.4 Å². The summed E-state index contributed by atoms with van der Waals surface area (Å²) < 4.78 is 4.55. The van der Waals surface area contributed by atoms with Gasteiger partial charge in [0, 0.05) is 13.2 Å². The van der Waals surface area contributed by atoms with Crippen LogP contribution in [0.25, 0.3) is 0 Å². The van der Waals surface area contributed by atoms with Gasteiger partial charge in [-0.1, -0.05) is 6.07 Å². The summed E-state index contributed by atoms with van der Waals surface area (Å²) in [5, 5.41) is 22.2. The predicted molar refractivity (Wildman–Crippen MR) is 55.3 cm³/mol. The normalized spacial score (nSPS) is 9.81. The number of phenols is 1. The van der Waals surface area contributed by atoms with Gasteiger partial charge in [-0.2, -0.15) is 0 Å². The number of nitrogens with zero attached hydrogens (tertiary/aromatic N) is 1. The zero-order chi connectivity index (χ0) is 12.1. The minimum absolute atomic E-state index is 0.227. The van der Waals surface area contributed by atoms with Crippen molar-refractivity contribution in [1.82, 2.24) is 0 Å². The van der Waals surface area contributed by atoms with Gasteiger partial charge in [0.25, 0.3) is 11.6 Å². The maximum Gasteiger partial charge on any atom is 0.296 e. The number of anilines is 1. The molecule has 0 atom stereocenters. The minimum Gasteiger partial charge on any atom is -0.505 e. The number of hydrogen-bond donors (Lipinski definition) is 2. The topological polar surface area (TPSA) is 102 Å². The summed E-state index contributed by atoms with van der Waals surface area (Å²) in [6.07, 6.45) is 0. The van der Waals surface area contributed by atoms with Crippen LogP contribution < -0.4 is 5.32 Å². The van der Waals surface area contributed by atoms with E-state index in [9.17, 15) is 20.0 Å². The van der Waals surface area contributed by atoms with Gasteiger partial charge in [0.15, 0.2) is 5.69 Å². The molecule has 1 aromatic rings. The largest absolute Gasteiger partial charge is 0.505 e. The Morgan fingerprint density at radius 2 is 2.31 bits per heavy atom. The summed E-state index contributed by atoms with van der Waals surface area (Å²) in [6, 6.07) is 3.75. The van der Waals surface area contributed by atoms with Crippen LogP contribution in [0.15, 0.2) is 18.2 Å². The Hall–Kier alpha value is -2.15. The molecule has 0 heterocycles. The molecular weight excluding hydrogens is 216 g/mol. The molecule has 0 aliphatic rings.